The topological polar surface area (TPSA) is 0 Å². The zero-order valence-corrected chi connectivity index (χ0v) is 49.6. The van der Waals surface area contributed by atoms with E-state index in [2.05, 4.69) is 340 Å². The SMILES string of the molecule is CS1(C)C(c2ccccc2)=C(c2ccccc2)C(c2ccccc2)=C1c1ccc(-c2c(-c3ccccc3)c(-c3ccccc3)c(-c3ccc(C4C(c5ccccc5)C(c5ccccc5)=C(c5ccccc5)S4(C)C)cc3)c3ccccc23)cc1. The molecule has 2 aliphatic heterocycles. The number of benzene rings is 12. The zero-order valence-electron chi connectivity index (χ0n) is 48.0. The number of allylic oxidation sites excluding steroid dienone is 3. The van der Waals surface area contributed by atoms with Gasteiger partial charge in [0.25, 0.3) is 0 Å². The lowest BCUT2D eigenvalue weighted by atomic mass is 9.78. The van der Waals surface area contributed by atoms with Crippen molar-refractivity contribution in [3.05, 3.63) is 360 Å². The Balaban J connectivity index is 0.964. The first kappa shape index (κ1) is 52.9. The summed E-state index contributed by atoms with van der Waals surface area (Å²) >= 11 is 0. The van der Waals surface area contributed by atoms with E-state index in [1.165, 1.54) is 131 Å². The van der Waals surface area contributed by atoms with E-state index in [0.717, 1.165) is 0 Å². The van der Waals surface area contributed by atoms with Gasteiger partial charge in [-0.3, -0.25) is 0 Å². The molecule has 84 heavy (non-hydrogen) atoms. The van der Waals surface area contributed by atoms with Crippen LogP contribution >= 0.6 is 20.1 Å². The lowest BCUT2D eigenvalue weighted by Crippen LogP contribution is -2.12. The third kappa shape index (κ3) is 9.22. The first-order valence-corrected chi connectivity index (χ1v) is 34.1. The summed E-state index contributed by atoms with van der Waals surface area (Å²) in [6.07, 6.45) is 10.1. The summed E-state index contributed by atoms with van der Waals surface area (Å²) < 4.78 is 0. The van der Waals surface area contributed by atoms with Crippen LogP contribution in [0.4, 0.5) is 0 Å². The van der Waals surface area contributed by atoms with Gasteiger partial charge < -0.3 is 0 Å². The maximum Gasteiger partial charge on any atom is 0.0283 e. The summed E-state index contributed by atoms with van der Waals surface area (Å²) in [7, 11) is -3.04. The molecular weight excluding hydrogens is 1050 g/mol. The highest BCUT2D eigenvalue weighted by Gasteiger charge is 2.47. The first-order chi connectivity index (χ1) is 41.3. The smallest absolute Gasteiger partial charge is 0.0283 e. The van der Waals surface area contributed by atoms with Gasteiger partial charge in [-0.25, -0.2) is 10.0 Å². The van der Waals surface area contributed by atoms with Gasteiger partial charge in [-0.2, -0.15) is 10.0 Å². The summed E-state index contributed by atoms with van der Waals surface area (Å²) in [5.74, 6) is 0.158. The van der Waals surface area contributed by atoms with Gasteiger partial charge >= 0.3 is 0 Å². The molecular formula is C82H66S2. The molecule has 0 bridgehead atoms. The molecule has 0 saturated carbocycles. The Kier molecular flexibility index (Phi) is 14.0. The molecule has 2 atom stereocenters. The van der Waals surface area contributed by atoms with Gasteiger partial charge in [0.05, 0.1) is 0 Å². The van der Waals surface area contributed by atoms with Crippen LogP contribution in [0.1, 0.15) is 55.7 Å². The molecule has 406 valence electrons. The lowest BCUT2D eigenvalue weighted by molar-refractivity contribution is 0.838. The fourth-order valence-electron chi connectivity index (χ4n) is 14.1. The van der Waals surface area contributed by atoms with Gasteiger partial charge in [0.2, 0.25) is 0 Å². The van der Waals surface area contributed by atoms with Crippen LogP contribution in [0.25, 0.3) is 86.7 Å². The highest BCUT2D eigenvalue weighted by Crippen LogP contribution is 2.78. The zero-order chi connectivity index (χ0) is 56.8. The Labute approximate surface area is 499 Å². The third-order valence-corrected chi connectivity index (χ3v) is 23.7. The van der Waals surface area contributed by atoms with Crippen molar-refractivity contribution in [2.24, 2.45) is 0 Å². The maximum atomic E-state index is 2.56. The summed E-state index contributed by atoms with van der Waals surface area (Å²) in [6.45, 7) is 0. The number of hydrogen-bond donors (Lipinski definition) is 0. The molecule has 2 unspecified atom stereocenters. The summed E-state index contributed by atoms with van der Waals surface area (Å²) in [5.41, 5.74) is 24.2. The van der Waals surface area contributed by atoms with Crippen LogP contribution in [0.15, 0.2) is 315 Å². The molecule has 2 aliphatic rings. The van der Waals surface area contributed by atoms with Crippen LogP contribution < -0.4 is 0 Å². The minimum absolute atomic E-state index is 0.158. The van der Waals surface area contributed by atoms with E-state index in [4.69, 9.17) is 0 Å². The van der Waals surface area contributed by atoms with Crippen molar-refractivity contribution >= 4 is 62.3 Å². The molecule has 0 radical (unpaired) electrons. The molecule has 12 aromatic carbocycles. The minimum Gasteiger partial charge on any atom is -0.212 e. The van der Waals surface area contributed by atoms with Crippen molar-refractivity contribution in [2.45, 2.75) is 11.2 Å². The average molecular weight is 1120 g/mol. The number of fused-ring (bicyclic) bond motifs is 1. The third-order valence-electron chi connectivity index (χ3n) is 17.5. The fraction of sp³-hybridized carbons (Fsp3) is 0.0732. The van der Waals surface area contributed by atoms with Crippen LogP contribution in [0, 0.1) is 0 Å². The molecule has 0 aromatic heterocycles. The monoisotopic (exact) mass is 1110 g/mol. The van der Waals surface area contributed by atoms with Crippen molar-refractivity contribution < 1.29 is 0 Å². The Hall–Kier alpha value is -9.18. The minimum atomic E-state index is -1.58. The van der Waals surface area contributed by atoms with E-state index in [1.807, 2.05) is 0 Å². The largest absolute Gasteiger partial charge is 0.212 e. The maximum absolute atomic E-state index is 2.56. The van der Waals surface area contributed by atoms with Gasteiger partial charge in [-0.1, -0.05) is 315 Å². The predicted octanol–water partition coefficient (Wildman–Crippen LogP) is 22.5. The Bertz CT molecular complexity index is 4430. The van der Waals surface area contributed by atoms with E-state index in [0.29, 0.717) is 0 Å². The standard InChI is InChI=1S/C82H66S2/c1-83(2)79(65-43-25-11-26-44-65)75(59-35-17-7-18-36-59)77(61-39-21-9-22-40-61)81(83)67-53-49-63(50-54-67)71-69-47-29-30-48-70(69)72(74(58-33-15-6-16-34-58)73(71)57-31-13-5-14-32-57)64-51-55-68(56-52-64)82-78(62-41-23-10-24-42-62)76(60-37-19-8-20-38-60)80(84(82,3)4)66-45-27-12-28-46-66/h5-56,77,81H,1-4H3. The highest BCUT2D eigenvalue weighted by atomic mass is 32.3. The molecule has 0 saturated heterocycles. The Morgan fingerprint density at radius 1 is 0.226 bits per heavy atom. The van der Waals surface area contributed by atoms with Gasteiger partial charge in [0.15, 0.2) is 0 Å². The molecule has 0 fully saturated rings. The van der Waals surface area contributed by atoms with Crippen molar-refractivity contribution in [3.63, 3.8) is 0 Å². The van der Waals surface area contributed by atoms with Crippen molar-refractivity contribution in [1.29, 1.82) is 0 Å². The second kappa shape index (κ2) is 22.2. The van der Waals surface area contributed by atoms with Gasteiger partial charge in [0, 0.05) is 37.0 Å². The summed E-state index contributed by atoms with van der Waals surface area (Å²) in [5, 5.41) is 2.69. The molecule has 14 rings (SSSR count). The summed E-state index contributed by atoms with van der Waals surface area (Å²) in [6, 6.07) is 118. The second-order valence-corrected chi connectivity index (χ2v) is 30.2. The molecule has 0 amide bonds. The van der Waals surface area contributed by atoms with E-state index < -0.39 is 20.1 Å². The molecule has 12 aromatic rings. The van der Waals surface area contributed by atoms with Crippen LogP contribution in [-0.2, 0) is 0 Å². The molecule has 0 N–H and O–H groups in total. The van der Waals surface area contributed by atoms with Crippen LogP contribution in [0.2, 0.25) is 0 Å². The molecule has 0 spiro atoms. The number of rotatable bonds is 12. The first-order valence-electron chi connectivity index (χ1n) is 29.2. The quantitative estimate of drug-likeness (QED) is 0.114. The molecule has 2 heteroatoms. The average Bonchev–Trinajstić information content (AvgIpc) is 1.70. The second-order valence-electron chi connectivity index (χ2n) is 23.0. The normalized spacial score (nSPS) is 17.1. The molecule has 2 heterocycles. The van der Waals surface area contributed by atoms with Gasteiger partial charge in [0.1, 0.15) is 0 Å². The van der Waals surface area contributed by atoms with Crippen LogP contribution in [0.3, 0.4) is 0 Å². The molecule has 0 nitrogen and oxygen atoms in total. The number of hydrogen-bond acceptors (Lipinski definition) is 0. The van der Waals surface area contributed by atoms with Crippen molar-refractivity contribution in [3.8, 4) is 44.5 Å². The van der Waals surface area contributed by atoms with Gasteiger partial charge in [-0.05, 0) is 130 Å². The van der Waals surface area contributed by atoms with E-state index in [1.54, 1.807) is 0 Å². The Morgan fingerprint density at radius 3 is 0.917 bits per heavy atom. The lowest BCUT2D eigenvalue weighted by Gasteiger charge is -2.39. The van der Waals surface area contributed by atoms with Crippen molar-refractivity contribution in [2.75, 3.05) is 25.0 Å². The van der Waals surface area contributed by atoms with Crippen molar-refractivity contribution in [1.82, 2.24) is 0 Å². The van der Waals surface area contributed by atoms with Crippen LogP contribution in [0.5, 0.6) is 0 Å². The highest BCUT2D eigenvalue weighted by molar-refractivity contribution is 8.47. The van der Waals surface area contributed by atoms with E-state index in [9.17, 15) is 0 Å². The fourth-order valence-corrected chi connectivity index (χ4v) is 20.8. The van der Waals surface area contributed by atoms with E-state index >= 15 is 0 Å². The summed E-state index contributed by atoms with van der Waals surface area (Å²) in [4.78, 5) is 4.34. The van der Waals surface area contributed by atoms with Crippen LogP contribution in [-0.4, -0.2) is 25.0 Å². The Morgan fingerprint density at radius 2 is 0.512 bits per heavy atom. The van der Waals surface area contributed by atoms with E-state index in [-0.39, 0.29) is 11.2 Å². The predicted molar refractivity (Wildman–Crippen MR) is 369 cm³/mol. The molecule has 0 aliphatic carbocycles. The van der Waals surface area contributed by atoms with Gasteiger partial charge in [-0.15, -0.1) is 0 Å².